The number of anilines is 2. The molecule has 0 aliphatic rings. The van der Waals surface area contributed by atoms with Crippen LogP contribution in [0.4, 0.5) is 11.5 Å². The Balaban J connectivity index is 1.72. The molecule has 0 spiro atoms. The maximum absolute atomic E-state index is 12.8. The number of amides is 2. The van der Waals surface area contributed by atoms with Gasteiger partial charge in [-0.1, -0.05) is 17.9 Å². The van der Waals surface area contributed by atoms with Gasteiger partial charge in [0.2, 0.25) is 0 Å². The van der Waals surface area contributed by atoms with E-state index in [-0.39, 0.29) is 29.7 Å². The molecular weight excluding hydrogens is 560 g/mol. The first kappa shape index (κ1) is 31.5. The molecule has 3 aromatic rings. The number of esters is 1. The highest BCUT2D eigenvalue weighted by atomic mass is 32.2. The van der Waals surface area contributed by atoms with Gasteiger partial charge in [0.1, 0.15) is 5.82 Å². The van der Waals surface area contributed by atoms with Gasteiger partial charge in [-0.05, 0) is 60.7 Å². The third-order valence-electron chi connectivity index (χ3n) is 5.83. The molecule has 0 saturated heterocycles. The fourth-order valence-electron chi connectivity index (χ4n) is 3.64. The van der Waals surface area contributed by atoms with Gasteiger partial charge in [0.05, 0.1) is 32.5 Å². The van der Waals surface area contributed by atoms with Gasteiger partial charge in [-0.15, -0.1) is 0 Å². The van der Waals surface area contributed by atoms with E-state index >= 15 is 0 Å². The average Bonchev–Trinajstić information content (AvgIpc) is 2.98. The number of methoxy groups -OCH3 is 3. The van der Waals surface area contributed by atoms with Gasteiger partial charge in [0.25, 0.3) is 11.8 Å². The van der Waals surface area contributed by atoms with Crippen LogP contribution < -0.4 is 25.2 Å². The van der Waals surface area contributed by atoms with E-state index in [4.69, 9.17) is 15.2 Å². The van der Waals surface area contributed by atoms with Gasteiger partial charge < -0.3 is 25.3 Å². The third-order valence-corrected chi connectivity index (χ3v) is 7.29. The monoisotopic (exact) mass is 592 g/mol. The highest BCUT2D eigenvalue weighted by molar-refractivity contribution is 7.99. The molecule has 1 aromatic heterocycles. The van der Waals surface area contributed by atoms with Crippen LogP contribution in [-0.4, -0.2) is 59.9 Å². The summed E-state index contributed by atoms with van der Waals surface area (Å²) in [6, 6.07) is 13.2. The van der Waals surface area contributed by atoms with Crippen molar-refractivity contribution in [1.29, 1.82) is 0 Å². The van der Waals surface area contributed by atoms with Crippen molar-refractivity contribution >= 4 is 44.4 Å². The SMILES string of the molecule is COC(=O)CCCC=S(C)(=O)NC(=O)c1cnc(N)c(C#Cc2cccc(NC(=O)c3ccc(OC)c(OC)c3)c2)c1. The molecule has 0 aliphatic carbocycles. The molecule has 0 radical (unpaired) electrons. The lowest BCUT2D eigenvalue weighted by molar-refractivity contribution is -0.140. The molecule has 0 aliphatic heterocycles. The van der Waals surface area contributed by atoms with Crippen molar-refractivity contribution in [2.45, 2.75) is 19.3 Å². The predicted octanol–water partition coefficient (Wildman–Crippen LogP) is 3.04. The van der Waals surface area contributed by atoms with Crippen molar-refractivity contribution in [3.8, 4) is 23.3 Å². The number of ether oxygens (including phenoxy) is 3. The molecule has 11 nitrogen and oxygen atoms in total. The Morgan fingerprint density at radius 2 is 1.74 bits per heavy atom. The van der Waals surface area contributed by atoms with Gasteiger partial charge in [0, 0.05) is 45.4 Å². The second-order valence-corrected chi connectivity index (χ2v) is 11.3. The lowest BCUT2D eigenvalue weighted by atomic mass is 10.1. The first-order valence-electron chi connectivity index (χ1n) is 12.7. The highest BCUT2D eigenvalue weighted by Crippen LogP contribution is 2.28. The topological polar surface area (TPSA) is 159 Å². The molecule has 1 unspecified atom stereocenters. The van der Waals surface area contributed by atoms with Crippen LogP contribution in [0.15, 0.2) is 54.7 Å². The van der Waals surface area contributed by atoms with E-state index in [0.717, 1.165) is 0 Å². The molecule has 3 rings (SSSR count). The zero-order chi connectivity index (χ0) is 30.7. The number of aromatic nitrogens is 1. The van der Waals surface area contributed by atoms with Gasteiger partial charge in [0.15, 0.2) is 11.5 Å². The molecule has 0 saturated carbocycles. The Kier molecular flexibility index (Phi) is 10.9. The Hall–Kier alpha value is -5.02. The van der Waals surface area contributed by atoms with E-state index in [2.05, 4.69) is 31.6 Å². The summed E-state index contributed by atoms with van der Waals surface area (Å²) in [6.45, 7) is 0. The van der Waals surface area contributed by atoms with Crippen LogP contribution >= 0.6 is 0 Å². The molecule has 2 amide bonds. The lowest BCUT2D eigenvalue weighted by Gasteiger charge is -2.10. The van der Waals surface area contributed by atoms with E-state index in [1.807, 2.05) is 0 Å². The minimum atomic E-state index is -2.82. The smallest absolute Gasteiger partial charge is 0.305 e. The normalized spacial score (nSPS) is 11.6. The summed E-state index contributed by atoms with van der Waals surface area (Å²) in [6.07, 6.45) is 3.65. The van der Waals surface area contributed by atoms with Crippen molar-refractivity contribution in [1.82, 2.24) is 9.71 Å². The number of carbonyl (C=O) groups is 3. The number of carbonyl (C=O) groups excluding carboxylic acids is 3. The quantitative estimate of drug-likeness (QED) is 0.139. The maximum Gasteiger partial charge on any atom is 0.305 e. The third kappa shape index (κ3) is 9.00. The average molecular weight is 593 g/mol. The Labute approximate surface area is 244 Å². The lowest BCUT2D eigenvalue weighted by Crippen LogP contribution is -2.31. The molecule has 1 atom stereocenters. The molecule has 1 heterocycles. The van der Waals surface area contributed by atoms with E-state index in [0.29, 0.717) is 46.7 Å². The number of pyridine rings is 1. The minimum absolute atomic E-state index is 0.114. The van der Waals surface area contributed by atoms with Gasteiger partial charge in [-0.3, -0.25) is 19.1 Å². The minimum Gasteiger partial charge on any atom is -0.493 e. The summed E-state index contributed by atoms with van der Waals surface area (Å²) in [5, 5.41) is 4.29. The van der Waals surface area contributed by atoms with Crippen molar-refractivity contribution in [2.24, 2.45) is 0 Å². The Morgan fingerprint density at radius 3 is 2.45 bits per heavy atom. The molecule has 2 aromatic carbocycles. The summed E-state index contributed by atoms with van der Waals surface area (Å²) in [5.74, 6) is 5.61. The zero-order valence-electron chi connectivity index (χ0n) is 23.7. The summed E-state index contributed by atoms with van der Waals surface area (Å²) >= 11 is 0. The van der Waals surface area contributed by atoms with Gasteiger partial charge in [-0.25, -0.2) is 9.19 Å². The predicted molar refractivity (Wildman–Crippen MR) is 162 cm³/mol. The van der Waals surface area contributed by atoms with Crippen LogP contribution in [0.5, 0.6) is 11.5 Å². The first-order chi connectivity index (χ1) is 20.0. The molecule has 42 heavy (non-hydrogen) atoms. The highest BCUT2D eigenvalue weighted by Gasteiger charge is 2.13. The zero-order valence-corrected chi connectivity index (χ0v) is 24.5. The number of nitrogen functional groups attached to an aromatic ring is 1. The molecule has 0 bridgehead atoms. The van der Waals surface area contributed by atoms with Crippen LogP contribution in [-0.2, 0) is 19.2 Å². The maximum atomic E-state index is 12.8. The van der Waals surface area contributed by atoms with E-state index in [9.17, 15) is 18.6 Å². The molecule has 12 heteroatoms. The van der Waals surface area contributed by atoms with E-state index < -0.39 is 15.6 Å². The number of nitrogens with two attached hydrogens (primary N) is 1. The molecule has 4 N–H and O–H groups in total. The van der Waals surface area contributed by atoms with Crippen molar-refractivity contribution < 1.29 is 32.8 Å². The largest absolute Gasteiger partial charge is 0.493 e. The van der Waals surface area contributed by atoms with Crippen LogP contribution in [0.25, 0.3) is 0 Å². The second kappa shape index (κ2) is 14.6. The number of nitrogens with zero attached hydrogens (tertiary/aromatic N) is 1. The molecule has 0 fully saturated rings. The standard InChI is InChI=1S/C30H32N4O7S/c1-39-25-14-13-22(18-26(25)40-2)29(36)33-24-9-7-8-20(16-24)11-12-21-17-23(19-32-28(21)31)30(37)34-42(4,38)15-6-5-10-27(35)41-3/h7-9,13-19H,5-6,10H2,1-4H3,(H2,31,32)(H,33,36)(H,34,37,38). The summed E-state index contributed by atoms with van der Waals surface area (Å²) in [4.78, 5) is 40.8. The fraction of sp³-hybridized carbons (Fsp3) is 0.233. The van der Waals surface area contributed by atoms with Crippen LogP contribution in [0.3, 0.4) is 0 Å². The number of benzene rings is 2. The Morgan fingerprint density at radius 1 is 0.976 bits per heavy atom. The summed E-state index contributed by atoms with van der Waals surface area (Å²) < 4.78 is 30.3. The second-order valence-electron chi connectivity index (χ2n) is 8.98. The number of hydrogen-bond donors (Lipinski definition) is 3. The first-order valence-corrected chi connectivity index (χ1v) is 14.7. The van der Waals surface area contributed by atoms with E-state index in [1.54, 1.807) is 42.5 Å². The summed E-state index contributed by atoms with van der Waals surface area (Å²) in [7, 11) is 1.48. The van der Waals surface area contributed by atoms with Crippen molar-refractivity contribution in [2.75, 3.05) is 38.6 Å². The van der Waals surface area contributed by atoms with E-state index in [1.165, 1.54) is 45.2 Å². The Bertz CT molecular complexity index is 1670. The number of rotatable bonds is 10. The molecule has 220 valence electrons. The number of hydrogen-bond acceptors (Lipinski definition) is 9. The fourth-order valence-corrected chi connectivity index (χ4v) is 4.82. The van der Waals surface area contributed by atoms with Crippen LogP contribution in [0.1, 0.15) is 51.1 Å². The van der Waals surface area contributed by atoms with Crippen LogP contribution in [0, 0.1) is 11.8 Å². The van der Waals surface area contributed by atoms with Crippen LogP contribution in [0.2, 0.25) is 0 Å². The van der Waals surface area contributed by atoms with Crippen molar-refractivity contribution in [3.63, 3.8) is 0 Å². The van der Waals surface area contributed by atoms with Gasteiger partial charge >= 0.3 is 5.97 Å². The van der Waals surface area contributed by atoms with Crippen molar-refractivity contribution in [3.05, 3.63) is 77.0 Å². The number of nitrogens with one attached hydrogen (secondary N) is 2. The molecular formula is C30H32N4O7S. The van der Waals surface area contributed by atoms with Gasteiger partial charge in [-0.2, -0.15) is 0 Å². The summed E-state index contributed by atoms with van der Waals surface area (Å²) in [5.41, 5.74) is 7.88. The number of unbranched alkanes of at least 4 members (excludes halogenated alkanes) is 1.